The molecule has 0 saturated heterocycles. The van der Waals surface area contributed by atoms with Gasteiger partial charge < -0.3 is 5.32 Å². The highest BCUT2D eigenvalue weighted by Crippen LogP contribution is 2.24. The van der Waals surface area contributed by atoms with E-state index in [1.54, 1.807) is 12.1 Å². The first-order chi connectivity index (χ1) is 12.4. The van der Waals surface area contributed by atoms with Crippen LogP contribution in [0.25, 0.3) is 0 Å². The molecule has 2 aromatic rings. The van der Waals surface area contributed by atoms with Crippen LogP contribution in [-0.2, 0) is 27.7 Å². The predicted octanol–water partition coefficient (Wildman–Crippen LogP) is 2.76. The molecule has 1 aliphatic carbocycles. The van der Waals surface area contributed by atoms with Crippen LogP contribution in [0.15, 0.2) is 41.3 Å². The van der Waals surface area contributed by atoms with Crippen LogP contribution in [0.3, 0.4) is 0 Å². The van der Waals surface area contributed by atoms with E-state index in [0.717, 1.165) is 48.9 Å². The van der Waals surface area contributed by atoms with E-state index in [0.29, 0.717) is 0 Å². The zero-order valence-corrected chi connectivity index (χ0v) is 14.7. The third-order valence-electron chi connectivity index (χ3n) is 4.28. The average molecular weight is 380 g/mol. The number of hydrogen-bond acceptors (Lipinski definition) is 3. The largest absolute Gasteiger partial charge is 0.320 e. The van der Waals surface area contributed by atoms with Gasteiger partial charge in [-0.25, -0.2) is 21.9 Å². The number of rotatable bonds is 5. The molecule has 0 saturated carbocycles. The maximum absolute atomic E-state index is 13.5. The smallest absolute Gasteiger partial charge is 0.241 e. The number of fused-ring (bicyclic) bond motifs is 1. The van der Waals surface area contributed by atoms with E-state index in [9.17, 15) is 22.0 Å². The van der Waals surface area contributed by atoms with Crippen LogP contribution >= 0.6 is 0 Å². The lowest BCUT2D eigenvalue weighted by Gasteiger charge is -2.16. The number of carbonyl (C=O) groups is 1. The van der Waals surface area contributed by atoms with Crippen molar-refractivity contribution in [2.45, 2.75) is 30.6 Å². The molecule has 3 rings (SSSR count). The number of amides is 1. The molecular weight excluding hydrogens is 362 g/mol. The second kappa shape index (κ2) is 7.51. The van der Waals surface area contributed by atoms with E-state index in [-0.39, 0.29) is 4.90 Å². The highest BCUT2D eigenvalue weighted by atomic mass is 32.2. The van der Waals surface area contributed by atoms with Gasteiger partial charge in [0.25, 0.3) is 0 Å². The van der Waals surface area contributed by atoms with E-state index < -0.39 is 39.8 Å². The SMILES string of the molecule is O=C(CNS(=O)(=O)c1ccc2c(c1)CCCC2)Nc1c(F)cccc1F. The topological polar surface area (TPSA) is 75.3 Å². The fourth-order valence-electron chi connectivity index (χ4n) is 2.92. The van der Waals surface area contributed by atoms with Crippen LogP contribution in [0.5, 0.6) is 0 Å². The Balaban J connectivity index is 1.67. The molecule has 0 spiro atoms. The molecule has 0 heterocycles. The summed E-state index contributed by atoms with van der Waals surface area (Å²) in [6.07, 6.45) is 3.86. The fourth-order valence-corrected chi connectivity index (χ4v) is 3.95. The number of sulfonamides is 1. The second-order valence-corrected chi connectivity index (χ2v) is 7.87. The third kappa shape index (κ3) is 4.08. The molecule has 1 amide bonds. The molecule has 8 heteroatoms. The first-order valence-electron chi connectivity index (χ1n) is 8.22. The van der Waals surface area contributed by atoms with Crippen LogP contribution < -0.4 is 10.0 Å². The van der Waals surface area contributed by atoms with Gasteiger partial charge in [0, 0.05) is 0 Å². The Hall–Kier alpha value is -2.32. The number of hydrogen-bond donors (Lipinski definition) is 2. The second-order valence-electron chi connectivity index (χ2n) is 6.11. The van der Waals surface area contributed by atoms with Gasteiger partial charge in [-0.05, 0) is 61.1 Å². The average Bonchev–Trinajstić information content (AvgIpc) is 2.63. The van der Waals surface area contributed by atoms with Crippen LogP contribution in [0.1, 0.15) is 24.0 Å². The number of aryl methyl sites for hydroxylation is 2. The summed E-state index contributed by atoms with van der Waals surface area (Å²) in [7, 11) is -3.90. The summed E-state index contributed by atoms with van der Waals surface area (Å²) in [4.78, 5) is 11.9. The highest BCUT2D eigenvalue weighted by molar-refractivity contribution is 7.89. The minimum Gasteiger partial charge on any atom is -0.320 e. The van der Waals surface area contributed by atoms with Gasteiger partial charge in [-0.2, -0.15) is 0 Å². The Morgan fingerprint density at radius 1 is 1.00 bits per heavy atom. The predicted molar refractivity (Wildman–Crippen MR) is 93.3 cm³/mol. The minimum atomic E-state index is -3.90. The van der Waals surface area contributed by atoms with Crippen LogP contribution in [-0.4, -0.2) is 20.9 Å². The number of nitrogens with one attached hydrogen (secondary N) is 2. The monoisotopic (exact) mass is 380 g/mol. The summed E-state index contributed by atoms with van der Waals surface area (Å²) in [6.45, 7) is -0.632. The molecule has 0 aliphatic heterocycles. The Labute approximate surface area is 150 Å². The Bertz CT molecular complexity index is 925. The Kier molecular flexibility index (Phi) is 5.33. The van der Waals surface area contributed by atoms with E-state index >= 15 is 0 Å². The first-order valence-corrected chi connectivity index (χ1v) is 9.70. The molecule has 2 N–H and O–H groups in total. The molecule has 0 atom stereocenters. The molecule has 0 radical (unpaired) electrons. The van der Waals surface area contributed by atoms with Gasteiger partial charge >= 0.3 is 0 Å². The molecular formula is C18H18F2N2O3S. The first kappa shape index (κ1) is 18.5. The van der Waals surface area contributed by atoms with Crippen molar-refractivity contribution in [1.29, 1.82) is 0 Å². The van der Waals surface area contributed by atoms with E-state index in [2.05, 4.69) is 4.72 Å². The van der Waals surface area contributed by atoms with E-state index in [1.807, 2.05) is 5.32 Å². The lowest BCUT2D eigenvalue weighted by atomic mass is 9.92. The van der Waals surface area contributed by atoms with Crippen molar-refractivity contribution >= 4 is 21.6 Å². The molecule has 0 fully saturated rings. The maximum Gasteiger partial charge on any atom is 0.241 e. The van der Waals surface area contributed by atoms with Crippen LogP contribution in [0.2, 0.25) is 0 Å². The molecule has 0 unspecified atom stereocenters. The van der Waals surface area contributed by atoms with Crippen molar-refractivity contribution in [3.05, 3.63) is 59.2 Å². The lowest BCUT2D eigenvalue weighted by molar-refractivity contribution is -0.115. The Morgan fingerprint density at radius 2 is 1.65 bits per heavy atom. The van der Waals surface area contributed by atoms with Crippen molar-refractivity contribution < 1.29 is 22.0 Å². The van der Waals surface area contributed by atoms with Gasteiger partial charge in [0.1, 0.15) is 17.3 Å². The summed E-state index contributed by atoms with van der Waals surface area (Å²) in [5.74, 6) is -2.73. The highest BCUT2D eigenvalue weighted by Gasteiger charge is 2.19. The molecule has 138 valence electrons. The van der Waals surface area contributed by atoms with Crippen molar-refractivity contribution in [3.8, 4) is 0 Å². The summed E-state index contributed by atoms with van der Waals surface area (Å²) in [5.41, 5.74) is 1.53. The number of halogens is 2. The third-order valence-corrected chi connectivity index (χ3v) is 5.68. The van der Waals surface area contributed by atoms with Gasteiger partial charge in [-0.1, -0.05) is 12.1 Å². The normalized spacial score (nSPS) is 13.9. The zero-order chi connectivity index (χ0) is 18.7. The lowest BCUT2D eigenvalue weighted by Crippen LogP contribution is -2.33. The van der Waals surface area contributed by atoms with Gasteiger partial charge in [0.2, 0.25) is 15.9 Å². The van der Waals surface area contributed by atoms with Crippen LogP contribution in [0, 0.1) is 11.6 Å². The molecule has 2 aromatic carbocycles. The number of benzene rings is 2. The number of para-hydroxylation sites is 1. The van der Waals surface area contributed by atoms with Gasteiger partial charge in [-0.15, -0.1) is 0 Å². The number of carbonyl (C=O) groups excluding carboxylic acids is 1. The van der Waals surface area contributed by atoms with Gasteiger partial charge in [0.05, 0.1) is 11.4 Å². The molecule has 0 bridgehead atoms. The maximum atomic E-state index is 13.5. The van der Waals surface area contributed by atoms with Gasteiger partial charge in [0.15, 0.2) is 0 Å². The summed E-state index contributed by atoms with van der Waals surface area (Å²) < 4.78 is 53.9. The van der Waals surface area contributed by atoms with Crippen LogP contribution in [0.4, 0.5) is 14.5 Å². The molecule has 1 aliphatic rings. The van der Waals surface area contributed by atoms with Crippen molar-refractivity contribution in [1.82, 2.24) is 4.72 Å². The summed E-state index contributed by atoms with van der Waals surface area (Å²) in [6, 6.07) is 8.06. The van der Waals surface area contributed by atoms with Crippen molar-refractivity contribution in [2.75, 3.05) is 11.9 Å². The number of anilines is 1. The molecule has 26 heavy (non-hydrogen) atoms. The quantitative estimate of drug-likeness (QED) is 0.838. The van der Waals surface area contributed by atoms with Crippen molar-refractivity contribution in [2.24, 2.45) is 0 Å². The molecule has 0 aromatic heterocycles. The standard InChI is InChI=1S/C18H18F2N2O3S/c19-15-6-3-7-16(20)18(15)22-17(23)11-21-26(24,25)14-9-8-12-4-1-2-5-13(12)10-14/h3,6-10,21H,1-2,4-5,11H2,(H,22,23). The minimum absolute atomic E-state index is 0.0722. The van der Waals surface area contributed by atoms with Gasteiger partial charge in [-0.3, -0.25) is 4.79 Å². The summed E-state index contributed by atoms with van der Waals surface area (Å²) in [5, 5.41) is 2.04. The Morgan fingerprint density at radius 3 is 2.35 bits per heavy atom. The fraction of sp³-hybridized carbons (Fsp3) is 0.278. The molecule has 5 nitrogen and oxygen atoms in total. The van der Waals surface area contributed by atoms with Crippen molar-refractivity contribution in [3.63, 3.8) is 0 Å². The van der Waals surface area contributed by atoms with E-state index in [4.69, 9.17) is 0 Å². The zero-order valence-electron chi connectivity index (χ0n) is 13.9. The summed E-state index contributed by atoms with van der Waals surface area (Å²) >= 11 is 0. The van der Waals surface area contributed by atoms with E-state index in [1.165, 1.54) is 12.1 Å².